The molecule has 0 spiro atoms. The Balaban J connectivity index is 1.93. The molecule has 1 heterocycles. The van der Waals surface area contributed by atoms with Gasteiger partial charge < -0.3 is 20.5 Å². The fraction of sp³-hybridized carbons (Fsp3) is 0.524. The highest BCUT2D eigenvalue weighted by Crippen LogP contribution is 2.21. The predicted molar refractivity (Wildman–Crippen MR) is 108 cm³/mol. The van der Waals surface area contributed by atoms with Gasteiger partial charge in [0.25, 0.3) is 0 Å². The van der Waals surface area contributed by atoms with Gasteiger partial charge >= 0.3 is 12.1 Å². The molecule has 1 fully saturated rings. The molecule has 0 radical (unpaired) electrons. The van der Waals surface area contributed by atoms with Crippen LogP contribution in [0.1, 0.15) is 45.6 Å². The molecule has 0 bridgehead atoms. The number of likely N-dealkylation sites (tertiary alicyclic amines) is 1. The fourth-order valence-corrected chi connectivity index (χ4v) is 3.03. The van der Waals surface area contributed by atoms with Crippen LogP contribution in [0, 0.1) is 0 Å². The second kappa shape index (κ2) is 10.1. The molecule has 0 aliphatic carbocycles. The van der Waals surface area contributed by atoms with E-state index in [9.17, 15) is 19.2 Å². The second-order valence-corrected chi connectivity index (χ2v) is 8.15. The van der Waals surface area contributed by atoms with E-state index in [-0.39, 0.29) is 6.61 Å². The number of carbonyl (C=O) groups excluding carboxylic acids is 4. The topological polar surface area (TPSA) is 128 Å². The lowest BCUT2D eigenvalue weighted by Gasteiger charge is -2.28. The summed E-state index contributed by atoms with van der Waals surface area (Å²) in [4.78, 5) is 50.2. The van der Waals surface area contributed by atoms with E-state index < -0.39 is 48.0 Å². The van der Waals surface area contributed by atoms with Gasteiger partial charge in [-0.15, -0.1) is 0 Å². The van der Waals surface area contributed by atoms with E-state index in [4.69, 9.17) is 15.2 Å². The van der Waals surface area contributed by atoms with Crippen LogP contribution < -0.4 is 11.1 Å². The quantitative estimate of drug-likeness (QED) is 0.645. The maximum atomic E-state index is 12.7. The van der Waals surface area contributed by atoms with Crippen molar-refractivity contribution in [3.05, 3.63) is 35.9 Å². The number of benzene rings is 1. The molecular formula is C21H29N3O6. The van der Waals surface area contributed by atoms with E-state index in [2.05, 4.69) is 5.32 Å². The van der Waals surface area contributed by atoms with Gasteiger partial charge in [0.2, 0.25) is 11.8 Å². The maximum absolute atomic E-state index is 12.7. The van der Waals surface area contributed by atoms with Crippen LogP contribution in [-0.2, 0) is 30.5 Å². The lowest BCUT2D eigenvalue weighted by Crippen LogP contribution is -2.53. The molecule has 30 heavy (non-hydrogen) atoms. The molecule has 9 heteroatoms. The van der Waals surface area contributed by atoms with Crippen molar-refractivity contribution < 1.29 is 28.7 Å². The third-order valence-electron chi connectivity index (χ3n) is 4.46. The van der Waals surface area contributed by atoms with E-state index in [1.807, 2.05) is 18.2 Å². The average Bonchev–Trinajstić information content (AvgIpc) is 3.15. The number of nitrogens with two attached hydrogens (primary N) is 1. The Labute approximate surface area is 175 Å². The van der Waals surface area contributed by atoms with E-state index in [1.165, 1.54) is 4.90 Å². The van der Waals surface area contributed by atoms with Gasteiger partial charge in [-0.2, -0.15) is 0 Å². The van der Waals surface area contributed by atoms with Crippen LogP contribution in [0.4, 0.5) is 4.79 Å². The van der Waals surface area contributed by atoms with Crippen molar-refractivity contribution >= 4 is 23.9 Å². The van der Waals surface area contributed by atoms with Crippen molar-refractivity contribution in [2.24, 2.45) is 5.73 Å². The van der Waals surface area contributed by atoms with Crippen LogP contribution >= 0.6 is 0 Å². The van der Waals surface area contributed by atoms with Gasteiger partial charge in [0, 0.05) is 6.54 Å². The molecule has 0 unspecified atom stereocenters. The van der Waals surface area contributed by atoms with Gasteiger partial charge in [-0.1, -0.05) is 30.3 Å². The Hall–Kier alpha value is -3.10. The van der Waals surface area contributed by atoms with Gasteiger partial charge in [0.15, 0.2) is 0 Å². The number of primary amides is 1. The van der Waals surface area contributed by atoms with Crippen molar-refractivity contribution in [2.45, 2.75) is 64.3 Å². The van der Waals surface area contributed by atoms with Gasteiger partial charge in [0.1, 0.15) is 24.3 Å². The molecule has 3 N–H and O–H groups in total. The summed E-state index contributed by atoms with van der Waals surface area (Å²) in [7, 11) is 0. The van der Waals surface area contributed by atoms with Crippen LogP contribution in [0.3, 0.4) is 0 Å². The number of ether oxygens (including phenoxy) is 2. The van der Waals surface area contributed by atoms with Crippen molar-refractivity contribution in [1.29, 1.82) is 0 Å². The first-order valence-electron chi connectivity index (χ1n) is 9.85. The summed E-state index contributed by atoms with van der Waals surface area (Å²) in [6.45, 7) is 5.63. The van der Waals surface area contributed by atoms with E-state index in [1.54, 1.807) is 32.9 Å². The molecule has 0 saturated carbocycles. The highest BCUT2D eigenvalue weighted by molar-refractivity contribution is 5.93. The van der Waals surface area contributed by atoms with Crippen molar-refractivity contribution in [3.8, 4) is 0 Å². The number of nitrogens with one attached hydrogen (secondary N) is 1. The zero-order valence-electron chi connectivity index (χ0n) is 17.6. The minimum Gasteiger partial charge on any atom is -0.461 e. The van der Waals surface area contributed by atoms with Crippen molar-refractivity contribution in [3.63, 3.8) is 0 Å². The predicted octanol–water partition coefficient (Wildman–Crippen LogP) is 1.49. The van der Waals surface area contributed by atoms with E-state index in [0.29, 0.717) is 19.4 Å². The number of hydrogen-bond donors (Lipinski definition) is 2. The highest BCUT2D eigenvalue weighted by atomic mass is 16.6. The number of hydrogen-bond acceptors (Lipinski definition) is 6. The SMILES string of the molecule is CC(C)(C)OC(=O)N1CCC[C@H]1C(=O)N[C@H](CC(=O)OCc1ccccc1)C(N)=O. The monoisotopic (exact) mass is 419 g/mol. The largest absolute Gasteiger partial charge is 0.461 e. The summed E-state index contributed by atoms with van der Waals surface area (Å²) >= 11 is 0. The number of amides is 3. The smallest absolute Gasteiger partial charge is 0.410 e. The first-order chi connectivity index (χ1) is 14.1. The standard InChI is InChI=1S/C21H29N3O6/c1-21(2,3)30-20(28)24-11-7-10-16(24)19(27)23-15(18(22)26)12-17(25)29-13-14-8-5-4-6-9-14/h4-6,8-9,15-16H,7,10-13H2,1-3H3,(H2,22,26)(H,23,27)/t15-,16+/m1/s1. The third-order valence-corrected chi connectivity index (χ3v) is 4.46. The normalized spacial score (nSPS) is 17.2. The Bertz CT molecular complexity index is 775. The Kier molecular flexibility index (Phi) is 7.79. The molecule has 1 aromatic rings. The lowest BCUT2D eigenvalue weighted by molar-refractivity contribution is -0.147. The van der Waals surface area contributed by atoms with Gasteiger partial charge in [-0.3, -0.25) is 19.3 Å². The fourth-order valence-electron chi connectivity index (χ4n) is 3.03. The van der Waals surface area contributed by atoms with Gasteiger partial charge in [-0.05, 0) is 39.2 Å². The number of nitrogens with zero attached hydrogens (tertiary/aromatic N) is 1. The number of carbonyl (C=O) groups is 4. The Morgan fingerprint density at radius 3 is 2.47 bits per heavy atom. The van der Waals surface area contributed by atoms with Crippen LogP contribution in [-0.4, -0.2) is 53.0 Å². The summed E-state index contributed by atoms with van der Waals surface area (Å²) < 4.78 is 10.5. The molecule has 1 aromatic carbocycles. The molecule has 3 amide bonds. The number of rotatable bonds is 7. The molecule has 1 aliphatic heterocycles. The molecule has 164 valence electrons. The summed E-state index contributed by atoms with van der Waals surface area (Å²) in [5.41, 5.74) is 5.45. The van der Waals surface area contributed by atoms with E-state index >= 15 is 0 Å². The molecule has 2 rings (SSSR count). The van der Waals surface area contributed by atoms with E-state index in [0.717, 1.165) is 5.56 Å². The molecule has 2 atom stereocenters. The molecule has 1 saturated heterocycles. The molecule has 1 aliphatic rings. The van der Waals surface area contributed by atoms with Crippen LogP contribution in [0.5, 0.6) is 0 Å². The second-order valence-electron chi connectivity index (χ2n) is 8.15. The van der Waals surface area contributed by atoms with Crippen LogP contribution in [0.2, 0.25) is 0 Å². The highest BCUT2D eigenvalue weighted by Gasteiger charge is 2.38. The number of esters is 1. The first-order valence-corrected chi connectivity index (χ1v) is 9.85. The minimum absolute atomic E-state index is 0.0498. The maximum Gasteiger partial charge on any atom is 0.410 e. The molecule has 9 nitrogen and oxygen atoms in total. The van der Waals surface area contributed by atoms with Gasteiger partial charge in [-0.25, -0.2) is 4.79 Å². The average molecular weight is 419 g/mol. The van der Waals surface area contributed by atoms with Crippen LogP contribution in [0.25, 0.3) is 0 Å². The van der Waals surface area contributed by atoms with Crippen molar-refractivity contribution in [1.82, 2.24) is 10.2 Å². The molecular weight excluding hydrogens is 390 g/mol. The zero-order chi connectivity index (χ0) is 22.3. The summed E-state index contributed by atoms with van der Waals surface area (Å²) in [6.07, 6.45) is 0.0535. The first kappa shape index (κ1) is 23.2. The van der Waals surface area contributed by atoms with Crippen LogP contribution in [0.15, 0.2) is 30.3 Å². The van der Waals surface area contributed by atoms with Gasteiger partial charge in [0.05, 0.1) is 6.42 Å². The zero-order valence-corrected chi connectivity index (χ0v) is 17.6. The minimum atomic E-state index is -1.23. The molecule has 0 aromatic heterocycles. The van der Waals surface area contributed by atoms with Crippen molar-refractivity contribution in [2.75, 3.05) is 6.54 Å². The summed E-state index contributed by atoms with van der Waals surface area (Å²) in [5, 5.41) is 2.47. The summed E-state index contributed by atoms with van der Waals surface area (Å²) in [5.74, 6) is -2.08. The third kappa shape index (κ3) is 7.06. The Morgan fingerprint density at radius 2 is 1.87 bits per heavy atom. The Morgan fingerprint density at radius 1 is 1.20 bits per heavy atom. The summed E-state index contributed by atoms with van der Waals surface area (Å²) in [6, 6.07) is 7.04. The lowest BCUT2D eigenvalue weighted by atomic mass is 10.1.